The van der Waals surface area contributed by atoms with Crippen molar-refractivity contribution in [2.75, 3.05) is 14.2 Å². The van der Waals surface area contributed by atoms with Crippen molar-refractivity contribution in [2.45, 2.75) is 0 Å². The van der Waals surface area contributed by atoms with Crippen molar-refractivity contribution < 1.29 is 14.6 Å². The maximum atomic E-state index is 5.22. The van der Waals surface area contributed by atoms with Crippen LogP contribution in [-0.2, 0) is 0 Å². The summed E-state index contributed by atoms with van der Waals surface area (Å²) < 4.78 is 10.4. The predicted octanol–water partition coefficient (Wildman–Crippen LogP) is -1.61. The van der Waals surface area contributed by atoms with Crippen molar-refractivity contribution in [2.24, 2.45) is 16.6 Å². The number of benzene rings is 1. The Morgan fingerprint density at radius 1 is 1.31 bits per heavy atom. The third-order valence-electron chi connectivity index (χ3n) is 1.85. The summed E-state index contributed by atoms with van der Waals surface area (Å²) >= 11 is 0. The van der Waals surface area contributed by atoms with Crippen molar-refractivity contribution in [1.82, 2.24) is 0 Å². The molecule has 0 aliphatic rings. The number of para-hydroxylation sites is 1. The average Bonchev–Trinajstić information content (AvgIpc) is 2.28. The van der Waals surface area contributed by atoms with Crippen LogP contribution in [0, 0.1) is 0 Å². The van der Waals surface area contributed by atoms with Gasteiger partial charge >= 0.3 is 0 Å². The Balaban J connectivity index is 3.04. The molecule has 0 fully saturated rings. The van der Waals surface area contributed by atoms with Gasteiger partial charge in [0, 0.05) is 5.10 Å². The summed E-state index contributed by atoms with van der Waals surface area (Å²) in [6.07, 6.45) is 1.61. The molecule has 0 aliphatic heterocycles. The van der Waals surface area contributed by atoms with Gasteiger partial charge < -0.3 is 20.9 Å². The first-order valence-corrected chi connectivity index (χ1v) is 4.57. The fourth-order valence-corrected chi connectivity index (χ4v) is 1.20. The number of rotatable bonds is 4. The van der Waals surface area contributed by atoms with Gasteiger partial charge in [0.05, 0.1) is 19.8 Å². The third kappa shape index (κ3) is 2.88. The Bertz CT molecular complexity index is 411. The van der Waals surface area contributed by atoms with E-state index < -0.39 is 0 Å². The van der Waals surface area contributed by atoms with Crippen LogP contribution in [-0.4, -0.2) is 26.4 Å². The van der Waals surface area contributed by atoms with Crippen LogP contribution in [0.3, 0.4) is 0 Å². The summed E-state index contributed by atoms with van der Waals surface area (Å²) in [6.45, 7) is 0. The number of hydrogen-bond acceptors (Lipinski definition) is 3. The van der Waals surface area contributed by atoms with Crippen LogP contribution in [0.1, 0.15) is 5.56 Å². The summed E-state index contributed by atoms with van der Waals surface area (Å²) in [5, 5.41) is 6.23. The third-order valence-corrected chi connectivity index (χ3v) is 1.85. The monoisotopic (exact) mass is 223 g/mol. The predicted molar refractivity (Wildman–Crippen MR) is 61.5 cm³/mol. The molecule has 16 heavy (non-hydrogen) atoms. The molecule has 0 atom stereocenters. The number of nitrogens with two attached hydrogens (primary N) is 2. The number of hydrazone groups is 1. The minimum absolute atomic E-state index is 0.0434. The second-order valence-electron chi connectivity index (χ2n) is 2.89. The first-order chi connectivity index (χ1) is 7.69. The van der Waals surface area contributed by atoms with Gasteiger partial charge in [-0.05, 0) is 12.1 Å². The van der Waals surface area contributed by atoms with Crippen molar-refractivity contribution in [3.63, 3.8) is 0 Å². The second kappa shape index (κ2) is 5.59. The van der Waals surface area contributed by atoms with Gasteiger partial charge in [-0.1, -0.05) is 6.07 Å². The van der Waals surface area contributed by atoms with E-state index in [1.165, 1.54) is 0 Å². The van der Waals surface area contributed by atoms with Gasteiger partial charge in [0.1, 0.15) is 0 Å². The highest BCUT2D eigenvalue weighted by Crippen LogP contribution is 2.28. The van der Waals surface area contributed by atoms with E-state index in [2.05, 4.69) is 10.2 Å². The standard InChI is InChI=1S/C10H14N4O2/c1-15-8-5-3-4-7(9(8)16-2)6-13-14-10(11)12/h3-6H,1-2H3,(H4,11,12,14)/p+1/b13-6+. The number of nitrogens with zero attached hydrogens (tertiary/aromatic N) is 1. The van der Waals surface area contributed by atoms with Crippen LogP contribution in [0.2, 0.25) is 0 Å². The topological polar surface area (TPSA) is 96.8 Å². The zero-order chi connectivity index (χ0) is 12.0. The van der Waals surface area contributed by atoms with Gasteiger partial charge in [0.15, 0.2) is 11.5 Å². The Labute approximate surface area is 93.6 Å². The molecule has 0 bridgehead atoms. The second-order valence-corrected chi connectivity index (χ2v) is 2.89. The van der Waals surface area contributed by atoms with E-state index in [0.717, 1.165) is 5.56 Å². The zero-order valence-corrected chi connectivity index (χ0v) is 9.23. The van der Waals surface area contributed by atoms with E-state index in [-0.39, 0.29) is 5.96 Å². The van der Waals surface area contributed by atoms with Crippen molar-refractivity contribution >= 4 is 12.2 Å². The van der Waals surface area contributed by atoms with Gasteiger partial charge in [-0.2, -0.15) is 0 Å². The molecule has 0 amide bonds. The lowest BCUT2D eigenvalue weighted by Gasteiger charge is -2.07. The van der Waals surface area contributed by atoms with Crippen LogP contribution in [0.5, 0.6) is 11.5 Å². The SMILES string of the molecule is COc1cccc(/C=[NH+]/N=C(N)N)c1OC. The van der Waals surface area contributed by atoms with Crippen LogP contribution < -0.4 is 26.0 Å². The van der Waals surface area contributed by atoms with Gasteiger partial charge in [-0.15, -0.1) is 5.10 Å². The molecule has 0 aliphatic carbocycles. The molecule has 0 aromatic heterocycles. The van der Waals surface area contributed by atoms with E-state index >= 15 is 0 Å². The fraction of sp³-hybridized carbons (Fsp3) is 0.200. The average molecular weight is 223 g/mol. The minimum Gasteiger partial charge on any atom is -0.493 e. The number of hydrogen-bond donors (Lipinski definition) is 3. The summed E-state index contributed by atoms with van der Waals surface area (Å²) in [5.41, 5.74) is 11.1. The molecule has 6 heteroatoms. The van der Waals surface area contributed by atoms with Gasteiger partial charge in [0.2, 0.25) is 6.21 Å². The molecule has 0 radical (unpaired) electrons. The van der Waals surface area contributed by atoms with Gasteiger partial charge in [0.25, 0.3) is 5.96 Å². The maximum absolute atomic E-state index is 5.22. The Kier molecular flexibility index (Phi) is 4.14. The summed E-state index contributed by atoms with van der Waals surface area (Å²) in [7, 11) is 3.14. The lowest BCUT2D eigenvalue weighted by Crippen LogP contribution is -2.63. The maximum Gasteiger partial charge on any atom is 0.256 e. The summed E-state index contributed by atoms with van der Waals surface area (Å²) in [4.78, 5) is 0. The number of ether oxygens (including phenoxy) is 2. The Morgan fingerprint density at radius 2 is 2.06 bits per heavy atom. The molecule has 6 nitrogen and oxygen atoms in total. The molecular weight excluding hydrogens is 208 g/mol. The molecule has 1 rings (SSSR count). The normalized spacial score (nSPS) is 10.1. The number of methoxy groups -OCH3 is 2. The van der Waals surface area contributed by atoms with Crippen LogP contribution in [0.15, 0.2) is 23.3 Å². The van der Waals surface area contributed by atoms with Crippen LogP contribution in [0.25, 0.3) is 0 Å². The number of nitrogens with one attached hydrogen (secondary N) is 1. The summed E-state index contributed by atoms with van der Waals surface area (Å²) in [6, 6.07) is 5.48. The highest BCUT2D eigenvalue weighted by molar-refractivity contribution is 5.81. The van der Waals surface area contributed by atoms with Crippen molar-refractivity contribution in [3.05, 3.63) is 23.8 Å². The van der Waals surface area contributed by atoms with E-state index in [1.807, 2.05) is 12.1 Å². The molecule has 1 aromatic rings. The van der Waals surface area contributed by atoms with E-state index in [9.17, 15) is 0 Å². The van der Waals surface area contributed by atoms with E-state index in [0.29, 0.717) is 11.5 Å². The zero-order valence-electron chi connectivity index (χ0n) is 9.23. The lowest BCUT2D eigenvalue weighted by molar-refractivity contribution is -0.456. The summed E-state index contributed by atoms with van der Waals surface area (Å²) in [5.74, 6) is 1.21. The molecule has 0 unspecified atom stereocenters. The fourth-order valence-electron chi connectivity index (χ4n) is 1.20. The smallest absolute Gasteiger partial charge is 0.256 e. The van der Waals surface area contributed by atoms with E-state index in [4.69, 9.17) is 20.9 Å². The van der Waals surface area contributed by atoms with Gasteiger partial charge in [-0.25, -0.2) is 0 Å². The molecule has 1 aromatic carbocycles. The first-order valence-electron chi connectivity index (χ1n) is 4.57. The largest absolute Gasteiger partial charge is 0.493 e. The minimum atomic E-state index is -0.0434. The molecule has 86 valence electrons. The van der Waals surface area contributed by atoms with Crippen LogP contribution >= 0.6 is 0 Å². The molecule has 5 N–H and O–H groups in total. The van der Waals surface area contributed by atoms with E-state index in [1.54, 1.807) is 26.5 Å². The molecular formula is C10H15N4O2+. The molecule has 0 saturated carbocycles. The number of guanidine groups is 1. The molecule has 0 spiro atoms. The Morgan fingerprint density at radius 3 is 2.62 bits per heavy atom. The first kappa shape index (κ1) is 11.8. The Hall–Kier alpha value is -2.24. The highest BCUT2D eigenvalue weighted by atomic mass is 16.5. The highest BCUT2D eigenvalue weighted by Gasteiger charge is 2.09. The lowest BCUT2D eigenvalue weighted by atomic mass is 10.2. The van der Waals surface area contributed by atoms with Crippen molar-refractivity contribution in [1.29, 1.82) is 0 Å². The van der Waals surface area contributed by atoms with Crippen molar-refractivity contribution in [3.8, 4) is 11.5 Å². The quantitative estimate of drug-likeness (QED) is 0.325. The van der Waals surface area contributed by atoms with Crippen LogP contribution in [0.4, 0.5) is 0 Å². The molecule has 0 saturated heterocycles. The van der Waals surface area contributed by atoms with Gasteiger partial charge in [-0.3, -0.25) is 0 Å². The molecule has 0 heterocycles.